The summed E-state index contributed by atoms with van der Waals surface area (Å²) in [6, 6.07) is 16.2. The minimum Gasteiger partial charge on any atom is -0.497 e. The Labute approximate surface area is 157 Å². The van der Waals surface area contributed by atoms with Crippen LogP contribution in [0.3, 0.4) is 0 Å². The molecular formula is C24H28O2. The van der Waals surface area contributed by atoms with Crippen molar-refractivity contribution in [2.45, 2.75) is 39.5 Å². The van der Waals surface area contributed by atoms with E-state index in [2.05, 4.69) is 51.1 Å². The molecule has 0 fully saturated rings. The lowest BCUT2D eigenvalue weighted by Crippen LogP contribution is -1.97. The van der Waals surface area contributed by atoms with Gasteiger partial charge in [0.25, 0.3) is 0 Å². The van der Waals surface area contributed by atoms with E-state index in [1.165, 1.54) is 18.4 Å². The summed E-state index contributed by atoms with van der Waals surface area (Å²) in [7, 11) is 1.65. The van der Waals surface area contributed by atoms with Gasteiger partial charge in [-0.3, -0.25) is 4.79 Å². The number of hydrogen-bond acceptors (Lipinski definition) is 2. The predicted octanol–water partition coefficient (Wildman–Crippen LogP) is 6.12. The maximum Gasteiger partial charge on any atom is 0.146 e. The van der Waals surface area contributed by atoms with Gasteiger partial charge >= 0.3 is 0 Å². The molecule has 26 heavy (non-hydrogen) atoms. The molecule has 0 radical (unpaired) electrons. The Morgan fingerprint density at radius 1 is 0.962 bits per heavy atom. The van der Waals surface area contributed by atoms with E-state index in [0.29, 0.717) is 0 Å². The van der Waals surface area contributed by atoms with E-state index in [9.17, 15) is 4.79 Å². The number of methoxy groups -OCH3 is 1. The lowest BCUT2D eigenvalue weighted by Gasteiger charge is -2.09. The van der Waals surface area contributed by atoms with Crippen molar-refractivity contribution in [2.24, 2.45) is 0 Å². The number of aldehydes is 1. The molecule has 3 rings (SSSR count). The second-order valence-electron chi connectivity index (χ2n) is 6.50. The van der Waals surface area contributed by atoms with Crippen LogP contribution in [0.5, 0.6) is 5.75 Å². The zero-order valence-corrected chi connectivity index (χ0v) is 16.2. The molecule has 1 aliphatic carbocycles. The molecule has 2 nitrogen and oxygen atoms in total. The summed E-state index contributed by atoms with van der Waals surface area (Å²) in [5.41, 5.74) is 5.34. The summed E-state index contributed by atoms with van der Waals surface area (Å²) < 4.78 is 5.18. The molecule has 0 saturated carbocycles. The standard InChI is InChI=1S/C20H18O2.C4H10/c1-14-3-5-16(6-4-14)20-12-17(11-18(20)13-21)15-7-9-19(22-2)10-8-15;1-3-4-2/h3-13,20H,1-2H3;3-4H2,1-2H3. The number of carbonyl (C=O) groups excluding carboxylic acids is 1. The first-order valence-corrected chi connectivity index (χ1v) is 9.22. The molecule has 136 valence electrons. The van der Waals surface area contributed by atoms with Crippen molar-refractivity contribution >= 4 is 11.9 Å². The summed E-state index contributed by atoms with van der Waals surface area (Å²) in [5, 5.41) is 0. The third kappa shape index (κ3) is 4.95. The summed E-state index contributed by atoms with van der Waals surface area (Å²) in [6.45, 7) is 6.42. The first-order valence-electron chi connectivity index (χ1n) is 9.22. The lowest BCUT2D eigenvalue weighted by atomic mass is 9.94. The van der Waals surface area contributed by atoms with E-state index in [-0.39, 0.29) is 5.92 Å². The second kappa shape index (κ2) is 9.76. The van der Waals surface area contributed by atoms with Gasteiger partial charge in [0.05, 0.1) is 7.11 Å². The molecular weight excluding hydrogens is 320 g/mol. The highest BCUT2D eigenvalue weighted by molar-refractivity contribution is 5.90. The van der Waals surface area contributed by atoms with E-state index in [4.69, 9.17) is 4.74 Å². The average Bonchev–Trinajstić information content (AvgIpc) is 3.13. The van der Waals surface area contributed by atoms with E-state index in [0.717, 1.165) is 34.3 Å². The third-order valence-electron chi connectivity index (χ3n) is 4.52. The molecule has 1 atom stereocenters. The number of unbranched alkanes of at least 4 members (excludes halogenated alkanes) is 1. The van der Waals surface area contributed by atoms with Crippen LogP contribution in [0.2, 0.25) is 0 Å². The lowest BCUT2D eigenvalue weighted by molar-refractivity contribution is -0.105. The molecule has 2 aromatic carbocycles. The van der Waals surface area contributed by atoms with Crippen LogP contribution in [-0.2, 0) is 4.79 Å². The van der Waals surface area contributed by atoms with Crippen molar-refractivity contribution in [2.75, 3.05) is 7.11 Å². The van der Waals surface area contributed by atoms with Crippen LogP contribution in [-0.4, -0.2) is 13.4 Å². The average molecular weight is 348 g/mol. The molecule has 0 heterocycles. The van der Waals surface area contributed by atoms with Crippen LogP contribution in [0.1, 0.15) is 49.3 Å². The fourth-order valence-corrected chi connectivity index (χ4v) is 2.73. The number of benzene rings is 2. The molecule has 1 unspecified atom stereocenters. The maximum absolute atomic E-state index is 11.4. The number of hydrogen-bond donors (Lipinski definition) is 0. The Morgan fingerprint density at radius 3 is 2.08 bits per heavy atom. The summed E-state index contributed by atoms with van der Waals surface area (Å²) in [6.07, 6.45) is 7.72. The van der Waals surface area contributed by atoms with Gasteiger partial charge in [0, 0.05) is 11.5 Å². The van der Waals surface area contributed by atoms with E-state index < -0.39 is 0 Å². The van der Waals surface area contributed by atoms with Gasteiger partial charge < -0.3 is 4.74 Å². The number of ether oxygens (including phenoxy) is 1. The molecule has 0 amide bonds. The molecule has 0 N–H and O–H groups in total. The predicted molar refractivity (Wildman–Crippen MR) is 110 cm³/mol. The van der Waals surface area contributed by atoms with Crippen molar-refractivity contribution in [3.8, 4) is 5.75 Å². The third-order valence-corrected chi connectivity index (χ3v) is 4.52. The summed E-state index contributed by atoms with van der Waals surface area (Å²) in [5.74, 6) is 0.868. The minimum absolute atomic E-state index is 0.0372. The fraction of sp³-hybridized carbons (Fsp3) is 0.292. The molecule has 0 aliphatic heterocycles. The number of aryl methyl sites for hydroxylation is 1. The van der Waals surface area contributed by atoms with Crippen LogP contribution in [0.25, 0.3) is 5.57 Å². The molecule has 0 saturated heterocycles. The Morgan fingerprint density at radius 2 is 1.58 bits per heavy atom. The van der Waals surface area contributed by atoms with Gasteiger partial charge in [-0.15, -0.1) is 0 Å². The van der Waals surface area contributed by atoms with Gasteiger partial charge in [-0.1, -0.05) is 74.7 Å². The zero-order valence-electron chi connectivity index (χ0n) is 16.2. The van der Waals surface area contributed by atoms with Crippen LogP contribution in [0.15, 0.2) is 66.3 Å². The number of rotatable bonds is 5. The van der Waals surface area contributed by atoms with Gasteiger partial charge in [-0.25, -0.2) is 0 Å². The Hall–Kier alpha value is -2.61. The highest BCUT2D eigenvalue weighted by Crippen LogP contribution is 2.36. The highest BCUT2D eigenvalue weighted by atomic mass is 16.5. The van der Waals surface area contributed by atoms with Crippen molar-refractivity contribution in [3.63, 3.8) is 0 Å². The molecule has 0 aromatic heterocycles. The fourth-order valence-electron chi connectivity index (χ4n) is 2.73. The normalized spacial score (nSPS) is 15.5. The number of carbonyl (C=O) groups is 1. The minimum atomic E-state index is 0.0372. The molecule has 1 aliphatic rings. The topological polar surface area (TPSA) is 26.3 Å². The quantitative estimate of drug-likeness (QED) is 0.609. The smallest absolute Gasteiger partial charge is 0.146 e. The van der Waals surface area contributed by atoms with Crippen LogP contribution >= 0.6 is 0 Å². The Balaban J connectivity index is 0.000000552. The van der Waals surface area contributed by atoms with E-state index in [1.807, 2.05) is 30.3 Å². The van der Waals surface area contributed by atoms with Crippen LogP contribution in [0, 0.1) is 6.92 Å². The van der Waals surface area contributed by atoms with Gasteiger partial charge in [-0.05, 0) is 41.8 Å². The maximum atomic E-state index is 11.4. The second-order valence-corrected chi connectivity index (χ2v) is 6.50. The number of allylic oxidation sites excluding steroid dienone is 4. The van der Waals surface area contributed by atoms with Crippen molar-refractivity contribution in [1.29, 1.82) is 0 Å². The van der Waals surface area contributed by atoms with Crippen molar-refractivity contribution in [3.05, 3.63) is 82.9 Å². The van der Waals surface area contributed by atoms with E-state index >= 15 is 0 Å². The first-order chi connectivity index (χ1) is 12.6. The SMILES string of the molecule is CCCC.COc1ccc(C2=CC(c3ccc(C)cc3)C(C=O)=C2)cc1. The summed E-state index contributed by atoms with van der Waals surface area (Å²) >= 11 is 0. The Kier molecular flexibility index (Phi) is 7.40. The zero-order chi connectivity index (χ0) is 18.9. The molecule has 0 bridgehead atoms. The summed E-state index contributed by atoms with van der Waals surface area (Å²) in [4.78, 5) is 11.4. The highest BCUT2D eigenvalue weighted by Gasteiger charge is 2.21. The van der Waals surface area contributed by atoms with Crippen molar-refractivity contribution < 1.29 is 9.53 Å². The van der Waals surface area contributed by atoms with Gasteiger partial charge in [-0.2, -0.15) is 0 Å². The van der Waals surface area contributed by atoms with Crippen LogP contribution < -0.4 is 4.74 Å². The van der Waals surface area contributed by atoms with Crippen molar-refractivity contribution in [1.82, 2.24) is 0 Å². The first kappa shape index (κ1) is 19.7. The van der Waals surface area contributed by atoms with E-state index in [1.54, 1.807) is 7.11 Å². The monoisotopic (exact) mass is 348 g/mol. The molecule has 2 aromatic rings. The van der Waals surface area contributed by atoms with Gasteiger partial charge in [0.1, 0.15) is 12.0 Å². The molecule has 2 heteroatoms. The van der Waals surface area contributed by atoms with Gasteiger partial charge in [0.2, 0.25) is 0 Å². The van der Waals surface area contributed by atoms with Crippen LogP contribution in [0.4, 0.5) is 0 Å². The largest absolute Gasteiger partial charge is 0.497 e. The molecule has 0 spiro atoms. The van der Waals surface area contributed by atoms with Gasteiger partial charge in [0.15, 0.2) is 0 Å². The Bertz CT molecular complexity index is 763.